The zero-order valence-electron chi connectivity index (χ0n) is 16.4. The monoisotopic (exact) mass is 422 g/mol. The molecular formula is C26H17ClN3O+. The van der Waals surface area contributed by atoms with Gasteiger partial charge in [0.05, 0.1) is 5.69 Å². The minimum absolute atomic E-state index is 0.507. The molecule has 0 radical (unpaired) electrons. The molecule has 2 aromatic heterocycles. The van der Waals surface area contributed by atoms with Crippen LogP contribution >= 0.6 is 11.6 Å². The number of para-hydroxylation sites is 2. The fourth-order valence-corrected chi connectivity index (χ4v) is 4.12. The Morgan fingerprint density at radius 1 is 0.806 bits per heavy atom. The maximum Gasteiger partial charge on any atom is 0.290 e. The SMILES string of the molecule is Clc1cccc(N=c2oc3ccc4ccccc4c3cc2-c2[nH]c3ccccc3[nH+]2)c1. The van der Waals surface area contributed by atoms with Crippen molar-refractivity contribution >= 4 is 50.1 Å². The molecule has 0 saturated carbocycles. The molecule has 0 unspecified atom stereocenters. The molecule has 0 aliphatic carbocycles. The van der Waals surface area contributed by atoms with E-state index < -0.39 is 0 Å². The standard InChI is InChI=1S/C26H16ClN3O/c27-17-7-5-8-18(14-17)28-26-21(25-29-22-10-3-4-11-23(22)30-25)15-20-19-9-2-1-6-16(19)12-13-24(20)31-26/h1-15H,(H,29,30)/p+1. The molecule has 2 heterocycles. The highest BCUT2D eigenvalue weighted by atomic mass is 35.5. The fourth-order valence-electron chi connectivity index (χ4n) is 3.94. The van der Waals surface area contributed by atoms with Gasteiger partial charge in [-0.1, -0.05) is 60.1 Å². The summed E-state index contributed by atoms with van der Waals surface area (Å²) in [5.74, 6) is 0.834. The van der Waals surface area contributed by atoms with Gasteiger partial charge in [0.1, 0.15) is 11.1 Å². The van der Waals surface area contributed by atoms with Gasteiger partial charge in [-0.2, -0.15) is 0 Å². The third-order valence-electron chi connectivity index (χ3n) is 5.41. The average molecular weight is 423 g/mol. The van der Waals surface area contributed by atoms with Gasteiger partial charge < -0.3 is 4.42 Å². The molecule has 4 aromatic carbocycles. The molecule has 6 aromatic rings. The molecule has 0 saturated heterocycles. The normalized spacial score (nSPS) is 12.2. The lowest BCUT2D eigenvalue weighted by atomic mass is 10.0. The molecule has 0 amide bonds. The van der Waals surface area contributed by atoms with Crippen LogP contribution in [0.25, 0.3) is 44.2 Å². The second-order valence-corrected chi connectivity index (χ2v) is 7.86. The highest BCUT2D eigenvalue weighted by Gasteiger charge is 2.17. The van der Waals surface area contributed by atoms with E-state index in [0.29, 0.717) is 10.6 Å². The Morgan fingerprint density at radius 2 is 1.68 bits per heavy atom. The van der Waals surface area contributed by atoms with Crippen molar-refractivity contribution in [2.75, 3.05) is 0 Å². The molecule has 0 aliphatic rings. The van der Waals surface area contributed by atoms with Crippen LogP contribution in [0.5, 0.6) is 0 Å². The molecule has 0 fully saturated rings. The van der Waals surface area contributed by atoms with Crippen LogP contribution in [0.15, 0.2) is 100 Å². The number of aromatic amines is 2. The molecule has 6 rings (SSSR count). The number of hydrogen-bond acceptors (Lipinski definition) is 2. The smallest absolute Gasteiger partial charge is 0.290 e. The Bertz CT molecular complexity index is 1630. The van der Waals surface area contributed by atoms with E-state index in [4.69, 9.17) is 21.0 Å². The van der Waals surface area contributed by atoms with E-state index in [0.717, 1.165) is 49.9 Å². The van der Waals surface area contributed by atoms with E-state index in [2.05, 4.69) is 34.2 Å². The summed E-state index contributed by atoms with van der Waals surface area (Å²) < 4.78 is 6.35. The second kappa shape index (κ2) is 7.11. The molecule has 148 valence electrons. The first-order chi connectivity index (χ1) is 15.2. The van der Waals surface area contributed by atoms with E-state index in [1.54, 1.807) is 0 Å². The van der Waals surface area contributed by atoms with Crippen molar-refractivity contribution in [3.63, 3.8) is 0 Å². The number of hydrogen-bond donors (Lipinski definition) is 1. The fraction of sp³-hybridized carbons (Fsp3) is 0. The molecule has 2 N–H and O–H groups in total. The van der Waals surface area contributed by atoms with Crippen molar-refractivity contribution in [3.05, 3.63) is 102 Å². The molecule has 0 atom stereocenters. The highest BCUT2D eigenvalue weighted by molar-refractivity contribution is 6.30. The maximum atomic E-state index is 6.35. The first-order valence-corrected chi connectivity index (χ1v) is 10.4. The van der Waals surface area contributed by atoms with Gasteiger partial charge in [0.25, 0.3) is 5.82 Å². The van der Waals surface area contributed by atoms with Gasteiger partial charge >= 0.3 is 0 Å². The number of nitrogens with zero attached hydrogens (tertiary/aromatic N) is 1. The number of rotatable bonds is 2. The van der Waals surface area contributed by atoms with Gasteiger partial charge in [-0.15, -0.1) is 0 Å². The second-order valence-electron chi connectivity index (χ2n) is 7.43. The molecule has 0 aliphatic heterocycles. The number of H-pyrrole nitrogens is 2. The summed E-state index contributed by atoms with van der Waals surface area (Å²) in [6.07, 6.45) is 0. The highest BCUT2D eigenvalue weighted by Crippen LogP contribution is 2.28. The van der Waals surface area contributed by atoms with Gasteiger partial charge in [-0.3, -0.25) is 0 Å². The summed E-state index contributed by atoms with van der Waals surface area (Å²) in [6.45, 7) is 0. The number of aromatic nitrogens is 2. The lowest BCUT2D eigenvalue weighted by Gasteiger charge is -2.05. The molecular weight excluding hydrogens is 406 g/mol. The maximum absolute atomic E-state index is 6.35. The number of halogens is 1. The summed E-state index contributed by atoms with van der Waals surface area (Å²) in [6, 6.07) is 30.0. The lowest BCUT2D eigenvalue weighted by Crippen LogP contribution is -2.12. The topological polar surface area (TPSA) is 55.4 Å². The van der Waals surface area contributed by atoms with Crippen molar-refractivity contribution < 1.29 is 9.40 Å². The van der Waals surface area contributed by atoms with Crippen molar-refractivity contribution in [2.45, 2.75) is 0 Å². The van der Waals surface area contributed by atoms with Gasteiger partial charge in [0.15, 0.2) is 11.0 Å². The van der Waals surface area contributed by atoms with Crippen LogP contribution in [-0.2, 0) is 0 Å². The van der Waals surface area contributed by atoms with Crippen molar-refractivity contribution in [1.82, 2.24) is 4.98 Å². The molecule has 31 heavy (non-hydrogen) atoms. The molecule has 5 heteroatoms. The van der Waals surface area contributed by atoms with E-state index in [9.17, 15) is 0 Å². The minimum atomic E-state index is 0.507. The van der Waals surface area contributed by atoms with E-state index in [1.807, 2.05) is 66.7 Å². The quantitative estimate of drug-likeness (QED) is 0.321. The largest absolute Gasteiger partial charge is 0.437 e. The van der Waals surface area contributed by atoms with E-state index >= 15 is 0 Å². The van der Waals surface area contributed by atoms with Crippen LogP contribution in [0.4, 0.5) is 5.69 Å². The summed E-state index contributed by atoms with van der Waals surface area (Å²) in [7, 11) is 0. The average Bonchev–Trinajstić information content (AvgIpc) is 3.22. The summed E-state index contributed by atoms with van der Waals surface area (Å²) in [4.78, 5) is 11.7. The van der Waals surface area contributed by atoms with Gasteiger partial charge in [-0.25, -0.2) is 15.0 Å². The van der Waals surface area contributed by atoms with Crippen molar-refractivity contribution in [1.29, 1.82) is 0 Å². The predicted octanol–water partition coefficient (Wildman–Crippen LogP) is 6.43. The lowest BCUT2D eigenvalue weighted by molar-refractivity contribution is -0.330. The minimum Gasteiger partial charge on any atom is -0.437 e. The van der Waals surface area contributed by atoms with Crippen molar-refractivity contribution in [3.8, 4) is 11.4 Å². The van der Waals surface area contributed by atoms with Crippen LogP contribution in [0, 0.1) is 0 Å². The van der Waals surface area contributed by atoms with Gasteiger partial charge in [0.2, 0.25) is 5.55 Å². The number of fused-ring (bicyclic) bond motifs is 4. The Labute approximate surface area is 182 Å². The molecule has 4 nitrogen and oxygen atoms in total. The number of imidazole rings is 1. The third kappa shape index (κ3) is 3.18. The summed E-state index contributed by atoms with van der Waals surface area (Å²) in [5, 5.41) is 3.96. The van der Waals surface area contributed by atoms with Crippen LogP contribution in [0.3, 0.4) is 0 Å². The zero-order valence-corrected chi connectivity index (χ0v) is 17.1. The van der Waals surface area contributed by atoms with Crippen LogP contribution < -0.4 is 10.5 Å². The van der Waals surface area contributed by atoms with E-state index in [-0.39, 0.29) is 0 Å². The Kier molecular flexibility index (Phi) is 4.11. The Morgan fingerprint density at radius 3 is 2.58 bits per heavy atom. The van der Waals surface area contributed by atoms with Gasteiger partial charge in [-0.05, 0) is 53.2 Å². The third-order valence-corrected chi connectivity index (χ3v) is 5.65. The Hall–Kier alpha value is -3.89. The predicted molar refractivity (Wildman–Crippen MR) is 124 cm³/mol. The first kappa shape index (κ1) is 17.9. The van der Waals surface area contributed by atoms with Crippen molar-refractivity contribution in [2.24, 2.45) is 4.99 Å². The van der Waals surface area contributed by atoms with Gasteiger partial charge in [0, 0.05) is 10.4 Å². The van der Waals surface area contributed by atoms with Crippen LogP contribution in [-0.4, -0.2) is 4.98 Å². The van der Waals surface area contributed by atoms with Crippen LogP contribution in [0.2, 0.25) is 5.02 Å². The van der Waals surface area contributed by atoms with Crippen LogP contribution in [0.1, 0.15) is 0 Å². The summed E-state index contributed by atoms with van der Waals surface area (Å²) >= 11 is 6.18. The number of benzene rings is 4. The summed E-state index contributed by atoms with van der Waals surface area (Å²) in [5.41, 5.74) is 4.90. The van der Waals surface area contributed by atoms with E-state index in [1.165, 1.54) is 0 Å². The Balaban J connectivity index is 1.71. The molecule has 0 bridgehead atoms. The number of nitrogens with one attached hydrogen (secondary N) is 2. The molecule has 0 spiro atoms. The first-order valence-electron chi connectivity index (χ1n) is 10.0. The zero-order chi connectivity index (χ0) is 20.8.